The second kappa shape index (κ2) is 10.8. The first-order valence-corrected chi connectivity index (χ1v) is 11.6. The lowest BCUT2D eigenvalue weighted by Gasteiger charge is -2.37. The number of anilines is 2. The molecule has 2 aliphatic heterocycles. The number of hydrogen-bond acceptors (Lipinski definition) is 8. The molecular weight excluding hydrogens is 494 g/mol. The number of carbonyl (C=O) groups excluding carboxylic acids is 4. The predicted molar refractivity (Wildman–Crippen MR) is 125 cm³/mol. The van der Waals surface area contributed by atoms with Crippen molar-refractivity contribution < 1.29 is 37.2 Å². The van der Waals surface area contributed by atoms with Gasteiger partial charge in [-0.15, -0.1) is 0 Å². The number of rotatable bonds is 7. The summed E-state index contributed by atoms with van der Waals surface area (Å²) in [5, 5.41) is 8.52. The highest BCUT2D eigenvalue weighted by Crippen LogP contribution is 2.31. The van der Waals surface area contributed by atoms with Gasteiger partial charge in [-0.2, -0.15) is 0 Å². The van der Waals surface area contributed by atoms with Crippen LogP contribution in [-0.4, -0.2) is 85.3 Å². The third-order valence-corrected chi connectivity index (χ3v) is 6.05. The van der Waals surface area contributed by atoms with Crippen molar-refractivity contribution in [3.63, 3.8) is 0 Å². The lowest BCUT2D eigenvalue weighted by molar-refractivity contribution is -0.133. The summed E-state index contributed by atoms with van der Waals surface area (Å²) in [5.41, 5.74) is -0.260. The summed E-state index contributed by atoms with van der Waals surface area (Å²) < 4.78 is 40.0. The van der Waals surface area contributed by atoms with Crippen LogP contribution in [0.4, 0.5) is 25.0 Å². The first-order valence-electron chi connectivity index (χ1n) is 11.6. The highest BCUT2D eigenvalue weighted by Gasteiger charge is 2.34. The second-order valence-corrected chi connectivity index (χ2v) is 8.70. The third-order valence-electron chi connectivity index (χ3n) is 6.05. The average molecular weight is 520 g/mol. The fourth-order valence-electron chi connectivity index (χ4n) is 4.19. The lowest BCUT2D eigenvalue weighted by atomic mass is 10.1. The molecule has 14 heteroatoms. The van der Waals surface area contributed by atoms with Gasteiger partial charge in [0, 0.05) is 51.3 Å². The molecule has 2 N–H and O–H groups in total. The van der Waals surface area contributed by atoms with Gasteiger partial charge in [-0.25, -0.2) is 13.6 Å². The Balaban J connectivity index is 1.36. The van der Waals surface area contributed by atoms with Gasteiger partial charge in [0.25, 0.3) is 5.91 Å². The van der Waals surface area contributed by atoms with Gasteiger partial charge in [-0.3, -0.25) is 19.3 Å². The Morgan fingerprint density at radius 2 is 1.84 bits per heavy atom. The van der Waals surface area contributed by atoms with E-state index in [4.69, 9.17) is 9.26 Å². The molecule has 2 aliphatic rings. The summed E-state index contributed by atoms with van der Waals surface area (Å²) in [5.74, 6) is -2.96. The summed E-state index contributed by atoms with van der Waals surface area (Å²) in [7, 11) is 0. The zero-order chi connectivity index (χ0) is 26.7. The number of carbonyl (C=O) groups is 4. The molecule has 37 heavy (non-hydrogen) atoms. The zero-order valence-electron chi connectivity index (χ0n) is 20.2. The van der Waals surface area contributed by atoms with Crippen molar-refractivity contribution in [2.24, 2.45) is 0 Å². The first-order chi connectivity index (χ1) is 17.6. The van der Waals surface area contributed by atoms with Crippen LogP contribution in [0.25, 0.3) is 0 Å². The summed E-state index contributed by atoms with van der Waals surface area (Å²) in [6.07, 6.45) is -0.0954. The van der Waals surface area contributed by atoms with Crippen LogP contribution >= 0.6 is 0 Å². The fraction of sp³-hybridized carbons (Fsp3) is 0.435. The summed E-state index contributed by atoms with van der Waals surface area (Å²) >= 11 is 0. The number of aromatic nitrogens is 1. The molecule has 0 bridgehead atoms. The van der Waals surface area contributed by atoms with Crippen LogP contribution in [0.15, 0.2) is 28.9 Å². The van der Waals surface area contributed by atoms with Gasteiger partial charge in [0.1, 0.15) is 17.8 Å². The van der Waals surface area contributed by atoms with Gasteiger partial charge in [0.2, 0.25) is 17.6 Å². The summed E-state index contributed by atoms with van der Waals surface area (Å²) in [6, 6.07) is 2.64. The summed E-state index contributed by atoms with van der Waals surface area (Å²) in [6.45, 7) is 3.67. The number of nitrogens with zero attached hydrogens (tertiary/aromatic N) is 4. The molecule has 0 aliphatic carbocycles. The van der Waals surface area contributed by atoms with Crippen LogP contribution in [0.3, 0.4) is 0 Å². The van der Waals surface area contributed by atoms with Crippen LogP contribution in [-0.2, 0) is 14.3 Å². The summed E-state index contributed by atoms with van der Waals surface area (Å²) in [4.78, 5) is 52.2. The number of piperazine rings is 1. The molecule has 2 aromatic rings. The molecular formula is C23H26F2N6O6. The molecule has 1 aromatic heterocycles. The minimum absolute atomic E-state index is 0.000730. The van der Waals surface area contributed by atoms with Crippen LogP contribution in [0.5, 0.6) is 0 Å². The van der Waals surface area contributed by atoms with Crippen molar-refractivity contribution in [1.29, 1.82) is 0 Å². The van der Waals surface area contributed by atoms with Gasteiger partial charge in [0.15, 0.2) is 11.6 Å². The standard InChI is InChI=1S/C23H26F2N6O6/c1-13(28-21(33)19-3-4-27-37-19)22(34)30-7-5-29(6-8-30)20-17(24)9-15(10-18(20)25)31-12-16(36-23(31)35)11-26-14(2)32/h3-4,9-10,13,16H,5-8,11-12H2,1-2H3,(H,26,32)(H,28,33)/t13-,16-/m0/s1. The molecule has 0 unspecified atom stereocenters. The van der Waals surface area contributed by atoms with Gasteiger partial charge < -0.3 is 29.7 Å². The van der Waals surface area contributed by atoms with E-state index in [1.165, 1.54) is 35.9 Å². The monoisotopic (exact) mass is 520 g/mol. The Bertz CT molecular complexity index is 1160. The second-order valence-electron chi connectivity index (χ2n) is 8.70. The Hall–Kier alpha value is -4.23. The molecule has 2 atom stereocenters. The molecule has 198 valence electrons. The number of halogens is 2. The highest BCUT2D eigenvalue weighted by molar-refractivity contribution is 5.95. The van der Waals surface area contributed by atoms with E-state index in [2.05, 4.69) is 15.8 Å². The van der Waals surface area contributed by atoms with E-state index >= 15 is 8.78 Å². The van der Waals surface area contributed by atoms with Crippen molar-refractivity contribution in [2.45, 2.75) is 26.0 Å². The molecule has 4 rings (SSSR count). The Labute approximate surface area is 210 Å². The van der Waals surface area contributed by atoms with Crippen LogP contribution in [0.1, 0.15) is 24.4 Å². The number of nitrogens with one attached hydrogen (secondary N) is 2. The maximum absolute atomic E-state index is 15.0. The van der Waals surface area contributed by atoms with Crippen LogP contribution in [0.2, 0.25) is 0 Å². The normalized spacial score (nSPS) is 18.4. The molecule has 2 saturated heterocycles. The van der Waals surface area contributed by atoms with E-state index in [1.807, 2.05) is 0 Å². The van der Waals surface area contributed by atoms with Crippen molar-refractivity contribution in [3.8, 4) is 0 Å². The van der Waals surface area contributed by atoms with Gasteiger partial charge >= 0.3 is 6.09 Å². The minimum atomic E-state index is -0.861. The average Bonchev–Trinajstić information content (AvgIpc) is 3.52. The van der Waals surface area contributed by atoms with Crippen LogP contribution in [0, 0.1) is 11.6 Å². The molecule has 0 spiro atoms. The molecule has 0 saturated carbocycles. The van der Waals surface area contributed by atoms with Gasteiger partial charge in [0.05, 0.1) is 25.0 Å². The maximum atomic E-state index is 15.0. The van der Waals surface area contributed by atoms with Gasteiger partial charge in [-0.1, -0.05) is 5.16 Å². The lowest BCUT2D eigenvalue weighted by Crippen LogP contribution is -2.54. The Morgan fingerprint density at radius 1 is 1.16 bits per heavy atom. The maximum Gasteiger partial charge on any atom is 0.414 e. The molecule has 3 heterocycles. The first kappa shape index (κ1) is 25.9. The number of cyclic esters (lactones) is 1. The highest BCUT2D eigenvalue weighted by atomic mass is 19.1. The number of hydrogen-bond donors (Lipinski definition) is 2. The van der Waals surface area contributed by atoms with Crippen molar-refractivity contribution >= 4 is 35.2 Å². The quantitative estimate of drug-likeness (QED) is 0.549. The molecule has 1 aromatic carbocycles. The van der Waals surface area contributed by atoms with E-state index in [0.29, 0.717) is 0 Å². The van der Waals surface area contributed by atoms with Crippen molar-refractivity contribution in [2.75, 3.05) is 49.1 Å². The fourth-order valence-corrected chi connectivity index (χ4v) is 4.19. The van der Waals surface area contributed by atoms with E-state index in [1.54, 1.807) is 0 Å². The van der Waals surface area contributed by atoms with Gasteiger partial charge in [-0.05, 0) is 6.92 Å². The Kier molecular flexibility index (Phi) is 7.55. The van der Waals surface area contributed by atoms with Crippen molar-refractivity contribution in [1.82, 2.24) is 20.7 Å². The van der Waals surface area contributed by atoms with Crippen LogP contribution < -0.4 is 20.4 Å². The molecule has 4 amide bonds. The molecule has 0 radical (unpaired) electrons. The topological polar surface area (TPSA) is 137 Å². The number of ether oxygens (including phenoxy) is 1. The number of amides is 4. The minimum Gasteiger partial charge on any atom is -0.442 e. The molecule has 12 nitrogen and oxygen atoms in total. The third kappa shape index (κ3) is 5.78. The molecule has 2 fully saturated rings. The SMILES string of the molecule is CC(=O)NC[C@H]1CN(c2cc(F)c(N3CCN(C(=O)[C@H](C)NC(=O)c4ccno4)CC3)c(F)c2)C(=O)O1. The number of benzene rings is 1. The predicted octanol–water partition coefficient (Wildman–Crippen LogP) is 0.881. The Morgan fingerprint density at radius 3 is 2.43 bits per heavy atom. The zero-order valence-corrected chi connectivity index (χ0v) is 20.2. The van der Waals surface area contributed by atoms with E-state index in [-0.39, 0.29) is 68.2 Å². The largest absolute Gasteiger partial charge is 0.442 e. The smallest absolute Gasteiger partial charge is 0.414 e. The van der Waals surface area contributed by atoms with E-state index in [0.717, 1.165) is 17.0 Å². The van der Waals surface area contributed by atoms with E-state index in [9.17, 15) is 19.2 Å². The van der Waals surface area contributed by atoms with Crippen molar-refractivity contribution in [3.05, 3.63) is 41.8 Å². The van der Waals surface area contributed by atoms with E-state index < -0.39 is 35.8 Å².